The molecule has 0 bridgehead atoms. The summed E-state index contributed by atoms with van der Waals surface area (Å²) in [6.45, 7) is 10.5. The number of ether oxygens (including phenoxy) is 1. The van der Waals surface area contributed by atoms with E-state index in [-0.39, 0.29) is 0 Å². The summed E-state index contributed by atoms with van der Waals surface area (Å²) in [7, 11) is 2.09. The van der Waals surface area contributed by atoms with Gasteiger partial charge in [-0.25, -0.2) is 9.97 Å². The summed E-state index contributed by atoms with van der Waals surface area (Å²) in [5, 5.41) is 0. The van der Waals surface area contributed by atoms with E-state index >= 15 is 0 Å². The van der Waals surface area contributed by atoms with Gasteiger partial charge in [-0.15, -0.1) is 0 Å². The predicted octanol–water partition coefficient (Wildman–Crippen LogP) is 2.13. The first-order valence-electron chi connectivity index (χ1n) is 13.1. The normalized spacial score (nSPS) is 21.6. The third kappa shape index (κ3) is 3.66. The van der Waals surface area contributed by atoms with E-state index in [1.807, 2.05) is 25.1 Å². The molecule has 1 atom stereocenters. The van der Waals surface area contributed by atoms with Crippen molar-refractivity contribution in [3.05, 3.63) is 35.9 Å². The van der Waals surface area contributed by atoms with Crippen LogP contribution in [-0.4, -0.2) is 97.4 Å². The van der Waals surface area contributed by atoms with Gasteiger partial charge in [0.1, 0.15) is 11.6 Å². The van der Waals surface area contributed by atoms with Crippen LogP contribution in [0.5, 0.6) is 0 Å². The van der Waals surface area contributed by atoms with Gasteiger partial charge < -0.3 is 14.2 Å². The lowest BCUT2D eigenvalue weighted by Gasteiger charge is -2.37. The van der Waals surface area contributed by atoms with Crippen molar-refractivity contribution in [1.82, 2.24) is 38.9 Å². The average Bonchev–Trinajstić information content (AvgIpc) is 3.59. The van der Waals surface area contributed by atoms with Crippen LogP contribution in [0.1, 0.15) is 24.5 Å². The number of fused-ring (bicyclic) bond motifs is 3. The van der Waals surface area contributed by atoms with E-state index in [9.17, 15) is 0 Å². The van der Waals surface area contributed by atoms with Crippen molar-refractivity contribution in [3.8, 4) is 5.95 Å². The number of imidazole rings is 2. The van der Waals surface area contributed by atoms with Crippen LogP contribution in [0.3, 0.4) is 0 Å². The first kappa shape index (κ1) is 22.1. The molecule has 0 N–H and O–H groups in total. The second-order valence-corrected chi connectivity index (χ2v) is 10.3. The van der Waals surface area contributed by atoms with Crippen molar-refractivity contribution in [2.75, 3.05) is 57.4 Å². The molecule has 0 aliphatic carbocycles. The zero-order valence-electron chi connectivity index (χ0n) is 21.1. The molecule has 4 aromatic rings. The molecule has 10 nitrogen and oxygen atoms in total. The van der Waals surface area contributed by atoms with Gasteiger partial charge in [0.05, 0.1) is 30.8 Å². The number of piperazine rings is 1. The van der Waals surface area contributed by atoms with E-state index in [0.717, 1.165) is 78.9 Å². The van der Waals surface area contributed by atoms with Gasteiger partial charge in [-0.3, -0.25) is 14.4 Å². The first-order valence-corrected chi connectivity index (χ1v) is 13.1. The molecule has 0 spiro atoms. The number of rotatable bonds is 4. The zero-order chi connectivity index (χ0) is 24.2. The molecule has 10 heteroatoms. The van der Waals surface area contributed by atoms with Gasteiger partial charge in [0.25, 0.3) is 0 Å². The average molecular weight is 488 g/mol. The number of nitrogens with zero attached hydrogens (tertiary/aromatic N) is 9. The molecule has 0 radical (unpaired) electrons. The minimum absolute atomic E-state index is 0.643. The molecule has 36 heavy (non-hydrogen) atoms. The van der Waals surface area contributed by atoms with Crippen molar-refractivity contribution < 1.29 is 4.74 Å². The maximum absolute atomic E-state index is 5.64. The van der Waals surface area contributed by atoms with Crippen LogP contribution in [0.4, 0.5) is 5.82 Å². The smallest absolute Gasteiger partial charge is 0.239 e. The quantitative estimate of drug-likeness (QED) is 0.433. The SMILES string of the molecule is Cc1nc2ccccc2n1-c1nc(N2CCOCC2)c2nc(CN3CCN4CCCC4C3)n(C)c2n1. The lowest BCUT2D eigenvalue weighted by Crippen LogP contribution is -2.49. The number of benzene rings is 1. The summed E-state index contributed by atoms with van der Waals surface area (Å²) >= 11 is 0. The lowest BCUT2D eigenvalue weighted by molar-refractivity contribution is 0.0969. The molecular formula is C26H33N9O. The Hall–Kier alpha value is -3.08. The molecule has 6 heterocycles. The van der Waals surface area contributed by atoms with Crippen molar-refractivity contribution in [2.24, 2.45) is 7.05 Å². The van der Waals surface area contributed by atoms with E-state index in [1.165, 1.54) is 19.4 Å². The van der Waals surface area contributed by atoms with Crippen LogP contribution < -0.4 is 4.90 Å². The minimum Gasteiger partial charge on any atom is -0.378 e. The second kappa shape index (κ2) is 8.79. The summed E-state index contributed by atoms with van der Waals surface area (Å²) < 4.78 is 9.87. The molecule has 3 saturated heterocycles. The summed E-state index contributed by atoms with van der Waals surface area (Å²) in [5.41, 5.74) is 3.70. The van der Waals surface area contributed by atoms with Gasteiger partial charge in [0.2, 0.25) is 5.95 Å². The largest absolute Gasteiger partial charge is 0.378 e. The van der Waals surface area contributed by atoms with Crippen molar-refractivity contribution >= 4 is 28.0 Å². The lowest BCUT2D eigenvalue weighted by atomic mass is 10.1. The van der Waals surface area contributed by atoms with Gasteiger partial charge in [-0.2, -0.15) is 9.97 Å². The topological polar surface area (TPSA) is 80.4 Å². The number of morpholine rings is 1. The molecule has 0 amide bonds. The number of aryl methyl sites for hydroxylation is 2. The summed E-state index contributed by atoms with van der Waals surface area (Å²) in [5.74, 6) is 3.45. The van der Waals surface area contributed by atoms with E-state index in [4.69, 9.17) is 24.7 Å². The molecule has 1 unspecified atom stereocenters. The summed E-state index contributed by atoms with van der Waals surface area (Å²) in [6, 6.07) is 8.86. The van der Waals surface area contributed by atoms with E-state index < -0.39 is 0 Å². The van der Waals surface area contributed by atoms with Gasteiger partial charge in [-0.1, -0.05) is 12.1 Å². The Morgan fingerprint density at radius 3 is 2.72 bits per heavy atom. The molecule has 188 valence electrons. The second-order valence-electron chi connectivity index (χ2n) is 10.3. The number of aromatic nitrogens is 6. The maximum Gasteiger partial charge on any atom is 0.239 e. The minimum atomic E-state index is 0.643. The fraction of sp³-hybridized carbons (Fsp3) is 0.538. The molecule has 3 aliphatic heterocycles. The molecule has 0 saturated carbocycles. The monoisotopic (exact) mass is 487 g/mol. The maximum atomic E-state index is 5.64. The fourth-order valence-corrected chi connectivity index (χ4v) is 6.12. The van der Waals surface area contributed by atoms with Gasteiger partial charge in [-0.05, 0) is 38.4 Å². The summed E-state index contributed by atoms with van der Waals surface area (Å²) in [6.07, 6.45) is 2.64. The van der Waals surface area contributed by atoms with E-state index in [0.29, 0.717) is 25.2 Å². The Labute approximate surface area is 210 Å². The number of para-hydroxylation sites is 2. The van der Waals surface area contributed by atoms with Gasteiger partial charge >= 0.3 is 0 Å². The predicted molar refractivity (Wildman–Crippen MR) is 139 cm³/mol. The molecule has 7 rings (SSSR count). The number of anilines is 1. The number of hydrogen-bond donors (Lipinski definition) is 0. The first-order chi connectivity index (χ1) is 17.7. The van der Waals surface area contributed by atoms with Crippen molar-refractivity contribution in [3.63, 3.8) is 0 Å². The van der Waals surface area contributed by atoms with Crippen LogP contribution in [0, 0.1) is 6.92 Å². The van der Waals surface area contributed by atoms with Crippen LogP contribution in [0.25, 0.3) is 28.1 Å². The van der Waals surface area contributed by atoms with Crippen LogP contribution in [0.15, 0.2) is 24.3 Å². The van der Waals surface area contributed by atoms with Crippen LogP contribution >= 0.6 is 0 Å². The highest BCUT2D eigenvalue weighted by molar-refractivity contribution is 5.86. The van der Waals surface area contributed by atoms with Crippen LogP contribution in [0.2, 0.25) is 0 Å². The van der Waals surface area contributed by atoms with Gasteiger partial charge in [0, 0.05) is 45.8 Å². The van der Waals surface area contributed by atoms with Crippen molar-refractivity contribution in [2.45, 2.75) is 32.4 Å². The van der Waals surface area contributed by atoms with Crippen molar-refractivity contribution in [1.29, 1.82) is 0 Å². The summed E-state index contributed by atoms with van der Waals surface area (Å²) in [4.78, 5) is 27.6. The molecule has 3 aliphatic rings. The Morgan fingerprint density at radius 2 is 1.83 bits per heavy atom. The van der Waals surface area contributed by atoms with E-state index in [1.54, 1.807) is 0 Å². The molecule has 3 aromatic heterocycles. The highest BCUT2D eigenvalue weighted by atomic mass is 16.5. The fourth-order valence-electron chi connectivity index (χ4n) is 6.12. The highest BCUT2D eigenvalue weighted by Gasteiger charge is 2.31. The Morgan fingerprint density at radius 1 is 0.972 bits per heavy atom. The zero-order valence-corrected chi connectivity index (χ0v) is 21.1. The standard InChI is InChI=1S/C26H33N9O/c1-18-27-20-7-3-4-8-21(20)35(18)26-29-24-23(25(30-26)34-12-14-36-15-13-34)28-22(31(24)2)17-32-10-11-33-9-5-6-19(33)16-32/h3-4,7-8,19H,5-6,9-17H2,1-2H3. The molecular weight excluding hydrogens is 454 g/mol. The Kier molecular flexibility index (Phi) is 5.41. The van der Waals surface area contributed by atoms with Crippen LogP contribution in [-0.2, 0) is 18.3 Å². The van der Waals surface area contributed by atoms with Gasteiger partial charge in [0.15, 0.2) is 17.0 Å². The third-order valence-corrected chi connectivity index (χ3v) is 8.06. The highest BCUT2D eigenvalue weighted by Crippen LogP contribution is 2.29. The van der Waals surface area contributed by atoms with E-state index in [2.05, 4.69) is 36.9 Å². The molecule has 3 fully saturated rings. The Bertz CT molecular complexity index is 1420. The number of hydrogen-bond acceptors (Lipinski definition) is 8. The molecule has 1 aromatic carbocycles. The third-order valence-electron chi connectivity index (χ3n) is 8.06. The Balaban J connectivity index is 1.33.